The van der Waals surface area contributed by atoms with E-state index < -0.39 is 6.17 Å². The Morgan fingerprint density at radius 1 is 0.385 bits per heavy atom. The van der Waals surface area contributed by atoms with Gasteiger partial charge in [0.15, 0.2) is 6.17 Å². The lowest BCUT2D eigenvalue weighted by Crippen LogP contribution is -2.36. The predicted molar refractivity (Wildman–Crippen MR) is 213 cm³/mol. The fraction of sp³-hybridized carbons (Fsp3) is 0.0213. The van der Waals surface area contributed by atoms with Crippen LogP contribution in [0.1, 0.15) is 22.9 Å². The fourth-order valence-electron chi connectivity index (χ4n) is 7.78. The number of amidine groups is 2. The average Bonchev–Trinajstić information content (AvgIpc) is 3.78. The Morgan fingerprint density at radius 2 is 1.02 bits per heavy atom. The van der Waals surface area contributed by atoms with Gasteiger partial charge in [-0.2, -0.15) is 0 Å². The lowest BCUT2D eigenvalue weighted by Gasteiger charge is -2.23. The molecule has 1 atom stereocenters. The third-order valence-corrected chi connectivity index (χ3v) is 10.3. The maximum absolute atomic E-state index is 6.57. The molecule has 1 aliphatic rings. The van der Waals surface area contributed by atoms with Gasteiger partial charge in [0, 0.05) is 38.2 Å². The van der Waals surface area contributed by atoms with Crippen LogP contribution < -0.4 is 5.32 Å². The van der Waals surface area contributed by atoms with Gasteiger partial charge >= 0.3 is 0 Å². The van der Waals surface area contributed by atoms with Gasteiger partial charge in [0.05, 0.1) is 0 Å². The highest BCUT2D eigenvalue weighted by atomic mass is 16.3. The summed E-state index contributed by atoms with van der Waals surface area (Å²) < 4.78 is 12.7. The summed E-state index contributed by atoms with van der Waals surface area (Å²) in [6, 6.07) is 56.9. The van der Waals surface area contributed by atoms with Crippen molar-refractivity contribution in [2.75, 3.05) is 0 Å². The number of furan rings is 2. The van der Waals surface area contributed by atoms with Crippen LogP contribution in [0.5, 0.6) is 0 Å². The highest BCUT2D eigenvalue weighted by Crippen LogP contribution is 2.40. The summed E-state index contributed by atoms with van der Waals surface area (Å²) in [4.78, 5) is 10.5. The summed E-state index contributed by atoms with van der Waals surface area (Å²) in [5, 5.41) is 12.7. The van der Waals surface area contributed by atoms with Crippen molar-refractivity contribution >= 4 is 77.1 Å². The molecular formula is C47H29N3O2. The third-order valence-electron chi connectivity index (χ3n) is 10.3. The molecule has 0 saturated carbocycles. The zero-order valence-electron chi connectivity index (χ0n) is 27.9. The first-order chi connectivity index (χ1) is 25.7. The number of nitrogens with one attached hydrogen (secondary N) is 1. The van der Waals surface area contributed by atoms with Crippen LogP contribution in [-0.2, 0) is 0 Å². The number of para-hydroxylation sites is 1. The highest BCUT2D eigenvalue weighted by Gasteiger charge is 2.24. The first-order valence-electron chi connectivity index (χ1n) is 17.5. The van der Waals surface area contributed by atoms with Crippen molar-refractivity contribution in [2.45, 2.75) is 6.17 Å². The molecule has 3 heterocycles. The third kappa shape index (κ3) is 4.56. The Morgan fingerprint density at radius 3 is 1.92 bits per heavy atom. The number of benzene rings is 8. The van der Waals surface area contributed by atoms with Crippen LogP contribution in [0, 0.1) is 0 Å². The van der Waals surface area contributed by atoms with Crippen molar-refractivity contribution in [1.82, 2.24) is 5.32 Å². The second-order valence-electron chi connectivity index (χ2n) is 13.4. The van der Waals surface area contributed by atoms with Crippen LogP contribution in [0.2, 0.25) is 0 Å². The number of rotatable bonds is 4. The van der Waals surface area contributed by atoms with Gasteiger partial charge in [-0.05, 0) is 75.1 Å². The molecule has 1 N–H and O–H groups in total. The minimum absolute atomic E-state index is 0.490. The Balaban J connectivity index is 1.05. The topological polar surface area (TPSA) is 63.0 Å². The van der Waals surface area contributed by atoms with Gasteiger partial charge in [0.2, 0.25) is 0 Å². The lowest BCUT2D eigenvalue weighted by molar-refractivity contribution is 0.668. The molecule has 52 heavy (non-hydrogen) atoms. The summed E-state index contributed by atoms with van der Waals surface area (Å²) in [6.45, 7) is 0. The van der Waals surface area contributed by atoms with E-state index in [0.717, 1.165) is 83.4 Å². The minimum atomic E-state index is -0.490. The van der Waals surface area contributed by atoms with E-state index in [2.05, 4.69) is 121 Å². The normalized spacial score (nSPS) is 14.7. The van der Waals surface area contributed by atoms with Gasteiger partial charge in [0.25, 0.3) is 0 Å². The summed E-state index contributed by atoms with van der Waals surface area (Å²) in [5.41, 5.74) is 8.60. The SMILES string of the molecule is c1ccc(C2=NC(c3cccc4oc5cc(-c6ccc7oc8ccccc8c7c6)ccc5c34)N=C(c3ccc4ccc5ccccc5c4c3)N2)cc1. The molecule has 0 spiro atoms. The minimum Gasteiger partial charge on any atom is -0.456 e. The molecule has 10 aromatic rings. The smallest absolute Gasteiger partial charge is 0.170 e. The first-order valence-corrected chi connectivity index (χ1v) is 17.5. The highest BCUT2D eigenvalue weighted by molar-refractivity contribution is 6.18. The van der Waals surface area contributed by atoms with Crippen molar-refractivity contribution in [2.24, 2.45) is 9.98 Å². The van der Waals surface area contributed by atoms with Crippen molar-refractivity contribution in [3.63, 3.8) is 0 Å². The van der Waals surface area contributed by atoms with Crippen molar-refractivity contribution in [3.8, 4) is 11.1 Å². The maximum atomic E-state index is 6.57. The molecule has 0 aliphatic carbocycles. The molecule has 0 bridgehead atoms. The summed E-state index contributed by atoms with van der Waals surface area (Å²) in [7, 11) is 0. The van der Waals surface area contributed by atoms with Gasteiger partial charge in [-0.15, -0.1) is 0 Å². The quantitative estimate of drug-likeness (QED) is 0.190. The number of fused-ring (bicyclic) bond motifs is 9. The van der Waals surface area contributed by atoms with E-state index >= 15 is 0 Å². The van der Waals surface area contributed by atoms with Crippen molar-refractivity contribution in [1.29, 1.82) is 0 Å². The Hall–Kier alpha value is -6.98. The average molecular weight is 668 g/mol. The van der Waals surface area contributed by atoms with E-state index in [1.165, 1.54) is 21.5 Å². The van der Waals surface area contributed by atoms with Crippen LogP contribution >= 0.6 is 0 Å². The van der Waals surface area contributed by atoms with Crippen molar-refractivity contribution < 1.29 is 8.83 Å². The van der Waals surface area contributed by atoms with Gasteiger partial charge < -0.3 is 14.2 Å². The van der Waals surface area contributed by atoms with E-state index in [9.17, 15) is 0 Å². The van der Waals surface area contributed by atoms with Gasteiger partial charge in [-0.1, -0.05) is 121 Å². The van der Waals surface area contributed by atoms with E-state index in [1.807, 2.05) is 48.5 Å². The Bertz CT molecular complexity index is 3110. The van der Waals surface area contributed by atoms with Crippen LogP contribution in [0.15, 0.2) is 183 Å². The van der Waals surface area contributed by atoms with E-state index in [1.54, 1.807) is 0 Å². The largest absolute Gasteiger partial charge is 0.456 e. The molecule has 5 heteroatoms. The number of hydrogen-bond donors (Lipinski definition) is 1. The molecule has 0 radical (unpaired) electrons. The van der Waals surface area contributed by atoms with Crippen LogP contribution in [-0.4, -0.2) is 11.7 Å². The fourth-order valence-corrected chi connectivity index (χ4v) is 7.78. The zero-order chi connectivity index (χ0) is 34.2. The second-order valence-corrected chi connectivity index (χ2v) is 13.4. The maximum Gasteiger partial charge on any atom is 0.170 e. The Kier molecular flexibility index (Phi) is 6.25. The first kappa shape index (κ1) is 28.8. The van der Waals surface area contributed by atoms with Gasteiger partial charge in [0.1, 0.15) is 34.0 Å². The Labute approximate surface area is 298 Å². The van der Waals surface area contributed by atoms with Crippen molar-refractivity contribution in [3.05, 3.63) is 180 Å². The van der Waals surface area contributed by atoms with Gasteiger partial charge in [-0.3, -0.25) is 0 Å². The summed E-state index contributed by atoms with van der Waals surface area (Å²) in [5.74, 6) is 1.56. The van der Waals surface area contributed by atoms with Crippen LogP contribution in [0.4, 0.5) is 0 Å². The number of hydrogen-bond acceptors (Lipinski definition) is 5. The summed E-state index contributed by atoms with van der Waals surface area (Å²) in [6.07, 6.45) is -0.490. The molecule has 11 rings (SSSR count). The molecule has 5 nitrogen and oxygen atoms in total. The lowest BCUT2D eigenvalue weighted by atomic mass is 9.98. The molecular weight excluding hydrogens is 639 g/mol. The van der Waals surface area contributed by atoms with Crippen LogP contribution in [0.25, 0.3) is 76.5 Å². The molecule has 0 saturated heterocycles. The molecule has 244 valence electrons. The van der Waals surface area contributed by atoms with E-state index in [0.29, 0.717) is 0 Å². The molecule has 2 aromatic heterocycles. The number of nitrogens with zero attached hydrogens (tertiary/aromatic N) is 2. The molecule has 1 aliphatic heterocycles. The van der Waals surface area contributed by atoms with E-state index in [4.69, 9.17) is 18.8 Å². The summed E-state index contributed by atoms with van der Waals surface area (Å²) >= 11 is 0. The molecule has 0 amide bonds. The van der Waals surface area contributed by atoms with Crippen LogP contribution in [0.3, 0.4) is 0 Å². The number of aliphatic imine (C=N–C) groups is 2. The zero-order valence-corrected chi connectivity index (χ0v) is 27.9. The molecule has 8 aromatic carbocycles. The second kappa shape index (κ2) is 11.3. The van der Waals surface area contributed by atoms with Gasteiger partial charge in [-0.25, -0.2) is 9.98 Å². The standard InChI is InChI=1S/C47H29N3O2/c1-2-10-30(11-3-1)45-48-46(33-20-19-29-18-17-28-9-4-5-12-34(28)38(29)26-33)50-47(49-45)37-14-8-16-42-44(37)36-23-21-32(27-43(36)52-42)31-22-24-41-39(25-31)35-13-6-7-15-40(35)51-41/h1-27,47H,(H,48,49,50). The van der Waals surface area contributed by atoms with E-state index in [-0.39, 0.29) is 0 Å². The molecule has 1 unspecified atom stereocenters. The molecule has 0 fully saturated rings. The monoisotopic (exact) mass is 667 g/mol. The predicted octanol–water partition coefficient (Wildman–Crippen LogP) is 12.0.